The van der Waals surface area contributed by atoms with Gasteiger partial charge in [-0.15, -0.1) is 0 Å². The van der Waals surface area contributed by atoms with E-state index in [0.717, 1.165) is 31.2 Å². The zero-order chi connectivity index (χ0) is 20.5. The molecule has 5 heteroatoms. The summed E-state index contributed by atoms with van der Waals surface area (Å²) in [5, 5.41) is 2.98. The largest absolute Gasteiger partial charge is 0.352 e. The van der Waals surface area contributed by atoms with E-state index in [2.05, 4.69) is 16.4 Å². The number of nitrogens with zero attached hydrogens (tertiary/aromatic N) is 2. The van der Waals surface area contributed by atoms with Crippen LogP contribution in [-0.4, -0.2) is 41.8 Å². The van der Waals surface area contributed by atoms with Gasteiger partial charge in [0, 0.05) is 43.7 Å². The van der Waals surface area contributed by atoms with Crippen molar-refractivity contribution >= 4 is 11.8 Å². The number of amides is 2. The van der Waals surface area contributed by atoms with E-state index in [0.29, 0.717) is 24.2 Å². The van der Waals surface area contributed by atoms with Crippen molar-refractivity contribution < 1.29 is 9.59 Å². The lowest BCUT2D eigenvalue weighted by atomic mass is 9.97. The quantitative estimate of drug-likeness (QED) is 0.692. The predicted molar refractivity (Wildman–Crippen MR) is 115 cm³/mol. The van der Waals surface area contributed by atoms with Gasteiger partial charge in [-0.3, -0.25) is 14.6 Å². The second kappa shape index (κ2) is 10.6. The highest BCUT2D eigenvalue weighted by Crippen LogP contribution is 2.19. The normalized spacial score (nSPS) is 13.5. The Labute approximate surface area is 172 Å². The predicted octanol–water partition coefficient (Wildman–Crippen LogP) is 4.02. The molecular weight excluding hydrogens is 362 g/mol. The standard InChI is InChI=1S/C24H29N3O2/c1-27(17-13-20-10-14-25-15-11-20)24(29)22-9-5-8-21(18-22)23(28)26-16-12-19-6-3-2-4-7-19/h5-6,8-11,14-15,18H,2-4,7,12-13,16-17H2,1H3,(H,26,28). The lowest BCUT2D eigenvalue weighted by Crippen LogP contribution is -2.29. The fourth-order valence-corrected chi connectivity index (χ4v) is 3.53. The van der Waals surface area contributed by atoms with E-state index in [1.165, 1.54) is 18.4 Å². The van der Waals surface area contributed by atoms with Gasteiger partial charge < -0.3 is 10.2 Å². The van der Waals surface area contributed by atoms with Gasteiger partial charge in [0.05, 0.1) is 0 Å². The third-order valence-electron chi connectivity index (χ3n) is 5.32. The number of pyridine rings is 1. The molecule has 29 heavy (non-hydrogen) atoms. The number of carbonyl (C=O) groups is 2. The first-order valence-electron chi connectivity index (χ1n) is 10.3. The van der Waals surface area contributed by atoms with Gasteiger partial charge in [-0.05, 0) is 74.4 Å². The molecule has 0 unspecified atom stereocenters. The van der Waals surface area contributed by atoms with Crippen LogP contribution in [0.3, 0.4) is 0 Å². The summed E-state index contributed by atoms with van der Waals surface area (Å²) in [4.78, 5) is 30.9. The summed E-state index contributed by atoms with van der Waals surface area (Å²) in [6, 6.07) is 10.9. The first-order valence-corrected chi connectivity index (χ1v) is 10.3. The van der Waals surface area contributed by atoms with Crippen molar-refractivity contribution in [3.8, 4) is 0 Å². The molecule has 3 rings (SSSR count). The highest BCUT2D eigenvalue weighted by atomic mass is 16.2. The maximum absolute atomic E-state index is 12.7. The van der Waals surface area contributed by atoms with Crippen LogP contribution in [0.2, 0.25) is 0 Å². The Morgan fingerprint density at radius 2 is 1.86 bits per heavy atom. The molecule has 5 nitrogen and oxygen atoms in total. The Morgan fingerprint density at radius 3 is 2.62 bits per heavy atom. The van der Waals surface area contributed by atoms with Crippen molar-refractivity contribution in [3.05, 3.63) is 77.1 Å². The minimum absolute atomic E-state index is 0.0823. The fraction of sp³-hybridized carbons (Fsp3) is 0.375. The summed E-state index contributed by atoms with van der Waals surface area (Å²) in [7, 11) is 1.79. The van der Waals surface area contributed by atoms with Gasteiger partial charge in [0.15, 0.2) is 0 Å². The molecule has 152 valence electrons. The molecule has 0 bridgehead atoms. The zero-order valence-corrected chi connectivity index (χ0v) is 17.1. The molecule has 0 radical (unpaired) electrons. The van der Waals surface area contributed by atoms with Crippen molar-refractivity contribution in [1.29, 1.82) is 0 Å². The van der Waals surface area contributed by atoms with E-state index in [9.17, 15) is 9.59 Å². The monoisotopic (exact) mass is 391 g/mol. The highest BCUT2D eigenvalue weighted by Gasteiger charge is 2.14. The summed E-state index contributed by atoms with van der Waals surface area (Å²) in [5.74, 6) is -0.212. The van der Waals surface area contributed by atoms with Crippen molar-refractivity contribution in [2.75, 3.05) is 20.1 Å². The fourth-order valence-electron chi connectivity index (χ4n) is 3.53. The first-order chi connectivity index (χ1) is 14.1. The molecule has 0 aliphatic heterocycles. The van der Waals surface area contributed by atoms with Crippen molar-refractivity contribution in [2.24, 2.45) is 0 Å². The molecule has 0 atom stereocenters. The number of hydrogen-bond donors (Lipinski definition) is 1. The minimum Gasteiger partial charge on any atom is -0.352 e. The average molecular weight is 392 g/mol. The lowest BCUT2D eigenvalue weighted by Gasteiger charge is -2.17. The summed E-state index contributed by atoms with van der Waals surface area (Å²) in [6.45, 7) is 1.24. The van der Waals surface area contributed by atoms with E-state index in [4.69, 9.17) is 0 Å². The Morgan fingerprint density at radius 1 is 1.07 bits per heavy atom. The van der Waals surface area contributed by atoms with Gasteiger partial charge in [-0.1, -0.05) is 17.7 Å². The highest BCUT2D eigenvalue weighted by molar-refractivity contribution is 5.99. The van der Waals surface area contributed by atoms with Gasteiger partial charge in [0.2, 0.25) is 0 Å². The van der Waals surface area contributed by atoms with Crippen LogP contribution >= 0.6 is 0 Å². The second-order valence-electron chi connectivity index (χ2n) is 7.53. The number of aromatic nitrogens is 1. The summed E-state index contributed by atoms with van der Waals surface area (Å²) >= 11 is 0. The Hall–Kier alpha value is -2.95. The van der Waals surface area contributed by atoms with Crippen LogP contribution in [0, 0.1) is 0 Å². The Kier molecular flexibility index (Phi) is 7.56. The zero-order valence-electron chi connectivity index (χ0n) is 17.1. The van der Waals surface area contributed by atoms with Crippen LogP contribution in [-0.2, 0) is 6.42 Å². The number of hydrogen-bond acceptors (Lipinski definition) is 3. The van der Waals surface area contributed by atoms with Crippen LogP contribution in [0.1, 0.15) is 58.4 Å². The molecular formula is C24H29N3O2. The van der Waals surface area contributed by atoms with Crippen LogP contribution in [0.15, 0.2) is 60.4 Å². The third-order valence-corrected chi connectivity index (χ3v) is 5.32. The number of benzene rings is 1. The van der Waals surface area contributed by atoms with Gasteiger partial charge in [0.1, 0.15) is 0 Å². The van der Waals surface area contributed by atoms with E-state index < -0.39 is 0 Å². The van der Waals surface area contributed by atoms with Crippen molar-refractivity contribution in [2.45, 2.75) is 38.5 Å². The molecule has 0 spiro atoms. The third kappa shape index (κ3) is 6.28. The number of nitrogens with one attached hydrogen (secondary N) is 1. The first kappa shape index (κ1) is 20.8. The van der Waals surface area contributed by atoms with Crippen LogP contribution < -0.4 is 5.32 Å². The van der Waals surface area contributed by atoms with Crippen LogP contribution in [0.25, 0.3) is 0 Å². The Bertz CT molecular complexity index is 861. The van der Waals surface area contributed by atoms with E-state index in [1.54, 1.807) is 48.6 Å². The molecule has 1 heterocycles. The maximum Gasteiger partial charge on any atom is 0.253 e. The SMILES string of the molecule is CN(CCc1ccncc1)C(=O)c1cccc(C(=O)NCCC2=CCCCC2)c1. The molecule has 1 aliphatic rings. The van der Waals surface area contributed by atoms with E-state index in [-0.39, 0.29) is 11.8 Å². The molecule has 2 amide bonds. The smallest absolute Gasteiger partial charge is 0.253 e. The topological polar surface area (TPSA) is 62.3 Å². The van der Waals surface area contributed by atoms with E-state index in [1.807, 2.05) is 12.1 Å². The van der Waals surface area contributed by atoms with E-state index >= 15 is 0 Å². The van der Waals surface area contributed by atoms with Gasteiger partial charge in [-0.25, -0.2) is 0 Å². The molecule has 0 fully saturated rings. The summed E-state index contributed by atoms with van der Waals surface area (Å²) in [5.41, 5.74) is 3.64. The maximum atomic E-state index is 12.7. The minimum atomic E-state index is -0.129. The lowest BCUT2D eigenvalue weighted by molar-refractivity contribution is 0.0796. The summed E-state index contributed by atoms with van der Waals surface area (Å²) in [6.07, 6.45) is 12.3. The molecule has 1 N–H and O–H groups in total. The molecule has 1 aromatic heterocycles. The molecule has 1 aromatic carbocycles. The van der Waals surface area contributed by atoms with Gasteiger partial charge in [0.25, 0.3) is 11.8 Å². The van der Waals surface area contributed by atoms with Crippen molar-refractivity contribution in [3.63, 3.8) is 0 Å². The summed E-state index contributed by atoms with van der Waals surface area (Å²) < 4.78 is 0. The second-order valence-corrected chi connectivity index (χ2v) is 7.53. The number of rotatable bonds is 8. The number of likely N-dealkylation sites (N-methyl/N-ethyl adjacent to an activating group) is 1. The molecule has 0 saturated carbocycles. The molecule has 2 aromatic rings. The van der Waals surface area contributed by atoms with Crippen molar-refractivity contribution in [1.82, 2.24) is 15.2 Å². The molecule has 0 saturated heterocycles. The van der Waals surface area contributed by atoms with Crippen LogP contribution in [0.5, 0.6) is 0 Å². The van der Waals surface area contributed by atoms with Crippen LogP contribution in [0.4, 0.5) is 0 Å². The number of carbonyl (C=O) groups excluding carboxylic acids is 2. The Balaban J connectivity index is 1.52. The average Bonchev–Trinajstić information content (AvgIpc) is 2.78. The van der Waals surface area contributed by atoms with Gasteiger partial charge in [-0.2, -0.15) is 0 Å². The van der Waals surface area contributed by atoms with Gasteiger partial charge >= 0.3 is 0 Å². The molecule has 1 aliphatic carbocycles. The number of allylic oxidation sites excluding steroid dienone is 1.